The first-order valence-electron chi connectivity index (χ1n) is 6.03. The van der Waals surface area contributed by atoms with Crippen LogP contribution in [0.25, 0.3) is 0 Å². The number of aromatic nitrogens is 1. The van der Waals surface area contributed by atoms with Gasteiger partial charge in [-0.2, -0.15) is 0 Å². The molecule has 1 aromatic heterocycles. The van der Waals surface area contributed by atoms with Crippen LogP contribution in [0.15, 0.2) is 36.5 Å². The summed E-state index contributed by atoms with van der Waals surface area (Å²) in [6.45, 7) is 0. The number of hydrogen-bond acceptors (Lipinski definition) is 3. The molecule has 20 heavy (non-hydrogen) atoms. The van der Waals surface area contributed by atoms with Crippen LogP contribution in [0.3, 0.4) is 0 Å². The minimum Gasteiger partial charge on any atom is -0.481 e. The lowest BCUT2D eigenvalue weighted by atomic mass is 10.0. The molecule has 1 heterocycles. The lowest BCUT2D eigenvalue weighted by Gasteiger charge is -2.04. The van der Waals surface area contributed by atoms with Crippen molar-refractivity contribution in [2.24, 2.45) is 0 Å². The summed E-state index contributed by atoms with van der Waals surface area (Å²) in [5.41, 5.74) is 1.12. The molecule has 0 saturated carbocycles. The van der Waals surface area contributed by atoms with E-state index in [9.17, 15) is 9.18 Å². The molecule has 0 atom stereocenters. The molecule has 5 heteroatoms. The maximum Gasteiger partial charge on any atom is 0.212 e. The highest BCUT2D eigenvalue weighted by molar-refractivity contribution is 6.30. The molecular weight excluding hydrogens is 281 g/mol. The minimum atomic E-state index is -0.460. The van der Waals surface area contributed by atoms with Crippen LogP contribution in [0.4, 0.5) is 4.39 Å². The fourth-order valence-electron chi connectivity index (χ4n) is 1.80. The average Bonchev–Trinajstić information content (AvgIpc) is 2.43. The Morgan fingerprint density at radius 3 is 2.70 bits per heavy atom. The number of carbonyl (C=O) groups excluding carboxylic acids is 1. The van der Waals surface area contributed by atoms with Gasteiger partial charge >= 0.3 is 0 Å². The third kappa shape index (κ3) is 3.78. The molecule has 0 radical (unpaired) electrons. The number of halogens is 2. The minimum absolute atomic E-state index is 0.0367. The third-order valence-corrected chi connectivity index (χ3v) is 3.05. The smallest absolute Gasteiger partial charge is 0.212 e. The number of methoxy groups -OCH3 is 1. The van der Waals surface area contributed by atoms with Gasteiger partial charge in [-0.15, -0.1) is 0 Å². The number of Topliss-reactive ketones (excluding diaryl/α,β-unsaturated/α-hetero) is 1. The van der Waals surface area contributed by atoms with Gasteiger partial charge in [-0.05, 0) is 23.3 Å². The number of benzene rings is 1. The highest BCUT2D eigenvalue weighted by Gasteiger charge is 2.10. The Bertz CT molecular complexity index is 614. The molecule has 0 unspecified atom stereocenters. The first kappa shape index (κ1) is 14.5. The molecule has 1 aromatic carbocycles. The van der Waals surface area contributed by atoms with Crippen molar-refractivity contribution in [3.63, 3.8) is 0 Å². The molecule has 0 fully saturated rings. The molecule has 0 aliphatic carbocycles. The number of rotatable bonds is 5. The van der Waals surface area contributed by atoms with E-state index in [1.807, 2.05) is 0 Å². The Balaban J connectivity index is 2.01. The SMILES string of the molecule is COc1ccc(CC(=O)Cc2ccc(Cl)cc2F)cn1. The van der Waals surface area contributed by atoms with E-state index in [0.29, 0.717) is 16.5 Å². The Hall–Kier alpha value is -1.94. The van der Waals surface area contributed by atoms with Gasteiger partial charge in [-0.1, -0.05) is 23.7 Å². The standard InChI is InChI=1S/C15H13ClFNO2/c1-20-15-5-2-10(9-18-15)6-13(19)7-11-3-4-12(16)8-14(11)17/h2-5,8-9H,6-7H2,1H3. The van der Waals surface area contributed by atoms with Crippen molar-refractivity contribution in [3.8, 4) is 5.88 Å². The topological polar surface area (TPSA) is 39.2 Å². The molecule has 0 spiro atoms. The second kappa shape index (κ2) is 6.48. The van der Waals surface area contributed by atoms with Crippen LogP contribution in [0, 0.1) is 5.82 Å². The fraction of sp³-hybridized carbons (Fsp3) is 0.200. The van der Waals surface area contributed by atoms with Gasteiger partial charge < -0.3 is 4.74 Å². The zero-order chi connectivity index (χ0) is 14.5. The van der Waals surface area contributed by atoms with Crippen LogP contribution < -0.4 is 4.74 Å². The third-order valence-electron chi connectivity index (χ3n) is 2.81. The maximum absolute atomic E-state index is 13.6. The van der Waals surface area contributed by atoms with Gasteiger partial charge in [0.2, 0.25) is 5.88 Å². The summed E-state index contributed by atoms with van der Waals surface area (Å²) in [4.78, 5) is 15.9. The number of nitrogens with zero attached hydrogens (tertiary/aromatic N) is 1. The van der Waals surface area contributed by atoms with Gasteiger partial charge in [0.15, 0.2) is 0 Å². The highest BCUT2D eigenvalue weighted by Crippen LogP contribution is 2.16. The monoisotopic (exact) mass is 293 g/mol. The van der Waals surface area contributed by atoms with Crippen LogP contribution in [0.5, 0.6) is 5.88 Å². The summed E-state index contributed by atoms with van der Waals surface area (Å²) in [6.07, 6.45) is 1.82. The van der Waals surface area contributed by atoms with E-state index in [-0.39, 0.29) is 18.6 Å². The Labute approximate surface area is 121 Å². The Morgan fingerprint density at radius 2 is 2.10 bits per heavy atom. The van der Waals surface area contributed by atoms with Crippen molar-refractivity contribution in [1.82, 2.24) is 4.98 Å². The van der Waals surface area contributed by atoms with Crippen LogP contribution in [-0.2, 0) is 17.6 Å². The van der Waals surface area contributed by atoms with Crippen LogP contribution >= 0.6 is 11.6 Å². The van der Waals surface area contributed by atoms with Gasteiger partial charge in [-0.25, -0.2) is 9.37 Å². The lowest BCUT2D eigenvalue weighted by Crippen LogP contribution is -2.08. The van der Waals surface area contributed by atoms with Crippen molar-refractivity contribution in [2.75, 3.05) is 7.11 Å². The van der Waals surface area contributed by atoms with E-state index < -0.39 is 5.82 Å². The van der Waals surface area contributed by atoms with Gasteiger partial charge in [0.1, 0.15) is 11.6 Å². The van der Waals surface area contributed by atoms with E-state index in [2.05, 4.69) is 4.98 Å². The molecule has 3 nitrogen and oxygen atoms in total. The molecule has 0 bridgehead atoms. The number of ketones is 1. The second-order valence-electron chi connectivity index (χ2n) is 4.34. The van der Waals surface area contributed by atoms with Gasteiger partial charge in [-0.3, -0.25) is 4.79 Å². The molecule has 0 N–H and O–H groups in total. The zero-order valence-corrected chi connectivity index (χ0v) is 11.7. The van der Waals surface area contributed by atoms with Crippen molar-refractivity contribution in [1.29, 1.82) is 0 Å². The van der Waals surface area contributed by atoms with Gasteiger partial charge in [0.05, 0.1) is 7.11 Å². The average molecular weight is 294 g/mol. The number of ether oxygens (including phenoxy) is 1. The molecule has 0 aliphatic heterocycles. The molecule has 2 rings (SSSR count). The molecule has 0 aliphatic rings. The largest absolute Gasteiger partial charge is 0.481 e. The van der Waals surface area contributed by atoms with Crippen LogP contribution in [0.2, 0.25) is 5.02 Å². The van der Waals surface area contributed by atoms with E-state index >= 15 is 0 Å². The van der Waals surface area contributed by atoms with E-state index in [1.165, 1.54) is 19.2 Å². The molecule has 104 valence electrons. The summed E-state index contributed by atoms with van der Waals surface area (Å²) < 4.78 is 18.5. The summed E-state index contributed by atoms with van der Waals surface area (Å²) >= 11 is 5.67. The van der Waals surface area contributed by atoms with E-state index in [0.717, 1.165) is 5.56 Å². The van der Waals surface area contributed by atoms with Crippen LogP contribution in [0.1, 0.15) is 11.1 Å². The van der Waals surface area contributed by atoms with Crippen molar-refractivity contribution in [3.05, 3.63) is 58.5 Å². The zero-order valence-electron chi connectivity index (χ0n) is 10.9. The predicted molar refractivity (Wildman–Crippen MR) is 74.6 cm³/mol. The number of carbonyl (C=O) groups is 1. The summed E-state index contributed by atoms with van der Waals surface area (Å²) in [5.74, 6) is -0.0539. The Kier molecular flexibility index (Phi) is 4.69. The highest BCUT2D eigenvalue weighted by atomic mass is 35.5. The Morgan fingerprint density at radius 1 is 1.30 bits per heavy atom. The molecular formula is C15H13ClFNO2. The second-order valence-corrected chi connectivity index (χ2v) is 4.77. The van der Waals surface area contributed by atoms with Gasteiger partial charge in [0.25, 0.3) is 0 Å². The van der Waals surface area contributed by atoms with Crippen LogP contribution in [-0.4, -0.2) is 17.9 Å². The summed E-state index contributed by atoms with van der Waals surface area (Å²) in [6, 6.07) is 7.76. The maximum atomic E-state index is 13.6. The van der Waals surface area contributed by atoms with Crippen molar-refractivity contribution in [2.45, 2.75) is 12.8 Å². The molecule has 2 aromatic rings. The van der Waals surface area contributed by atoms with E-state index in [1.54, 1.807) is 24.4 Å². The first-order chi connectivity index (χ1) is 9.58. The van der Waals surface area contributed by atoms with E-state index in [4.69, 9.17) is 16.3 Å². The molecule has 0 amide bonds. The number of hydrogen-bond donors (Lipinski definition) is 0. The summed E-state index contributed by atoms with van der Waals surface area (Å²) in [5, 5.41) is 0.318. The lowest BCUT2D eigenvalue weighted by molar-refractivity contribution is -0.117. The van der Waals surface area contributed by atoms with Crippen molar-refractivity contribution < 1.29 is 13.9 Å². The number of pyridine rings is 1. The first-order valence-corrected chi connectivity index (χ1v) is 6.41. The quantitative estimate of drug-likeness (QED) is 0.849. The van der Waals surface area contributed by atoms with Crippen molar-refractivity contribution >= 4 is 17.4 Å². The molecule has 0 saturated heterocycles. The van der Waals surface area contributed by atoms with Gasteiger partial charge in [0, 0.05) is 30.1 Å². The summed E-state index contributed by atoms with van der Waals surface area (Å²) in [7, 11) is 1.52. The normalized spacial score (nSPS) is 10.3. The fourth-order valence-corrected chi connectivity index (χ4v) is 1.96. The predicted octanol–water partition coefficient (Wildman–Crippen LogP) is 3.24.